The van der Waals surface area contributed by atoms with Crippen molar-refractivity contribution in [1.82, 2.24) is 9.80 Å². The van der Waals surface area contributed by atoms with E-state index in [-0.39, 0.29) is 22.9 Å². The molecule has 0 aliphatic carbocycles. The number of urea groups is 1. The fourth-order valence-corrected chi connectivity index (χ4v) is 4.60. The SMILES string of the molecule is CN1C(=O)C2=NC(Cl)=NC2=[N+](C)C1=O.CN1CCC(OC(c2ccccc2)c2ccccc2)CC1.O=C(O)C(O)C(O)C(=O)O. The Morgan fingerprint density at radius 2 is 1.36 bits per heavy atom. The van der Waals surface area contributed by atoms with Crippen molar-refractivity contribution in [2.24, 2.45) is 9.98 Å². The number of carboxylic acid groups (broad SMARTS) is 2. The molecule has 2 atom stereocenters. The number of aliphatic imine (C=N–C) groups is 2. The number of amides is 3. The number of carbonyl (C=O) groups is 4. The van der Waals surface area contributed by atoms with E-state index in [0.29, 0.717) is 6.10 Å². The van der Waals surface area contributed by atoms with Crippen molar-refractivity contribution in [3.8, 4) is 0 Å². The van der Waals surface area contributed by atoms with Crippen LogP contribution < -0.4 is 0 Å². The van der Waals surface area contributed by atoms with E-state index < -0.39 is 36.1 Å². The number of aliphatic carboxylic acids is 2. The minimum atomic E-state index is -2.27. The Kier molecular flexibility index (Phi) is 12.6. The van der Waals surface area contributed by atoms with Crippen LogP contribution in [-0.4, -0.2) is 128 Å². The molecule has 45 heavy (non-hydrogen) atoms. The van der Waals surface area contributed by atoms with Gasteiger partial charge >= 0.3 is 29.7 Å². The van der Waals surface area contributed by atoms with Crippen molar-refractivity contribution in [1.29, 1.82) is 0 Å². The van der Waals surface area contributed by atoms with Gasteiger partial charge in [-0.1, -0.05) is 65.7 Å². The Hall–Kier alpha value is -4.34. The van der Waals surface area contributed by atoms with E-state index in [9.17, 15) is 19.2 Å². The normalized spacial score (nSPS) is 18.2. The number of hydrogen-bond donors (Lipinski definition) is 4. The van der Waals surface area contributed by atoms with Gasteiger partial charge in [0.2, 0.25) is 5.71 Å². The number of fused-ring (bicyclic) bond motifs is 1. The van der Waals surface area contributed by atoms with Crippen LogP contribution >= 0.6 is 11.6 Å². The summed E-state index contributed by atoms with van der Waals surface area (Å²) in [5.74, 6) is -3.81. The molecule has 4 N–H and O–H groups in total. The van der Waals surface area contributed by atoms with Gasteiger partial charge in [0, 0.05) is 13.1 Å². The predicted molar refractivity (Wildman–Crippen MR) is 164 cm³/mol. The second kappa shape index (κ2) is 16.1. The summed E-state index contributed by atoms with van der Waals surface area (Å²) in [5.41, 5.74) is 2.59. The van der Waals surface area contributed by atoms with Gasteiger partial charge in [-0.15, -0.1) is 0 Å². The molecule has 3 aliphatic heterocycles. The van der Waals surface area contributed by atoms with Gasteiger partial charge in [0.1, 0.15) is 6.10 Å². The molecule has 0 aromatic heterocycles. The third-order valence-electron chi connectivity index (χ3n) is 7.02. The molecule has 3 amide bonds. The fraction of sp³-hybridized carbons (Fsp3) is 0.367. The van der Waals surface area contributed by atoms with Gasteiger partial charge in [0.15, 0.2) is 12.2 Å². The van der Waals surface area contributed by atoms with E-state index in [2.05, 4.69) is 82.6 Å². The molecule has 5 rings (SSSR count). The van der Waals surface area contributed by atoms with Gasteiger partial charge in [0.25, 0.3) is 5.29 Å². The fourth-order valence-electron chi connectivity index (χ4n) is 4.44. The van der Waals surface area contributed by atoms with Crippen molar-refractivity contribution < 1.29 is 48.9 Å². The maximum absolute atomic E-state index is 11.5. The number of aliphatic hydroxyl groups excluding tert-OH is 2. The van der Waals surface area contributed by atoms with Gasteiger partial charge in [-0.2, -0.15) is 14.5 Å². The lowest BCUT2D eigenvalue weighted by Gasteiger charge is -2.32. The lowest BCUT2D eigenvalue weighted by Crippen LogP contribution is -2.51. The standard InChI is InChI=1S/C19H23NO.C7H6ClN4O2.C4H6O6/c1-20-14-12-18(13-15-20)21-19(16-8-4-2-5-9-16)17-10-6-3-7-11-17;1-11-4-3(9-6(8)10-4)5(13)12(2)7(11)14;5-1(3(7)8)2(6)4(9)10/h2-11,18-19H,12-15H2,1H3;1-2H3;1-2,5-6H,(H,7,8)(H,9,10)/q;+1;. The van der Waals surface area contributed by atoms with E-state index in [4.69, 9.17) is 36.8 Å². The summed E-state index contributed by atoms with van der Waals surface area (Å²) in [4.78, 5) is 53.3. The molecule has 2 aromatic rings. The van der Waals surface area contributed by atoms with Crippen molar-refractivity contribution in [3.63, 3.8) is 0 Å². The van der Waals surface area contributed by atoms with Crippen molar-refractivity contribution in [3.05, 3.63) is 71.8 Å². The Morgan fingerprint density at radius 3 is 1.80 bits per heavy atom. The van der Waals surface area contributed by atoms with E-state index >= 15 is 0 Å². The highest BCUT2D eigenvalue weighted by molar-refractivity contribution is 6.78. The summed E-state index contributed by atoms with van der Waals surface area (Å²) in [5, 5.41) is 32.5. The Bertz CT molecular complexity index is 1420. The van der Waals surface area contributed by atoms with Crippen LogP contribution in [0.15, 0.2) is 70.6 Å². The number of halogens is 1. The van der Waals surface area contributed by atoms with Crippen LogP contribution in [0.4, 0.5) is 4.79 Å². The van der Waals surface area contributed by atoms with Crippen LogP contribution in [0.5, 0.6) is 0 Å². The first-order chi connectivity index (χ1) is 21.3. The summed E-state index contributed by atoms with van der Waals surface area (Å²) in [6.07, 6.45) is -1.90. The quantitative estimate of drug-likeness (QED) is 0.253. The van der Waals surface area contributed by atoms with Crippen LogP contribution in [0.25, 0.3) is 0 Å². The number of hydrogen-bond acceptors (Lipinski definition) is 10. The summed E-state index contributed by atoms with van der Waals surface area (Å²) in [6, 6.07) is 20.7. The molecule has 240 valence electrons. The molecule has 3 aliphatic rings. The molecule has 1 saturated heterocycles. The molecule has 14 nitrogen and oxygen atoms in total. The number of benzene rings is 2. The zero-order chi connectivity index (χ0) is 33.3. The Labute approximate surface area is 264 Å². The van der Waals surface area contributed by atoms with E-state index in [1.165, 1.54) is 29.8 Å². The average Bonchev–Trinajstić information content (AvgIpc) is 3.45. The Balaban J connectivity index is 0.000000200. The highest BCUT2D eigenvalue weighted by Gasteiger charge is 2.44. The van der Waals surface area contributed by atoms with Crippen molar-refractivity contribution >= 4 is 52.3 Å². The van der Waals surface area contributed by atoms with Crippen LogP contribution in [0.2, 0.25) is 0 Å². The van der Waals surface area contributed by atoms with E-state index in [1.807, 2.05) is 0 Å². The number of rotatable bonds is 7. The molecule has 1 fully saturated rings. The molecule has 0 radical (unpaired) electrons. The van der Waals surface area contributed by atoms with Gasteiger partial charge in [-0.05, 0) is 42.6 Å². The van der Waals surface area contributed by atoms with Crippen molar-refractivity contribution in [2.75, 3.05) is 34.2 Å². The first kappa shape index (κ1) is 35.1. The first-order valence-electron chi connectivity index (χ1n) is 13.8. The minimum Gasteiger partial charge on any atom is -0.479 e. The number of imide groups is 1. The largest absolute Gasteiger partial charge is 0.479 e. The maximum atomic E-state index is 11.5. The average molecular weight is 645 g/mol. The van der Waals surface area contributed by atoms with Gasteiger partial charge in [-0.3, -0.25) is 0 Å². The topological polar surface area (TPSA) is 193 Å². The summed E-state index contributed by atoms with van der Waals surface area (Å²) in [6.45, 7) is 2.25. The lowest BCUT2D eigenvalue weighted by molar-refractivity contribution is -0.401. The number of nitrogens with zero attached hydrogens (tertiary/aromatic N) is 5. The summed E-state index contributed by atoms with van der Waals surface area (Å²) < 4.78 is 7.72. The molecule has 15 heteroatoms. The highest BCUT2D eigenvalue weighted by Crippen LogP contribution is 2.29. The molecular formula is C30H35ClN5O9+. The third-order valence-corrected chi connectivity index (χ3v) is 7.19. The summed E-state index contributed by atoms with van der Waals surface area (Å²) in [7, 11) is 5.07. The molecule has 3 heterocycles. The molecule has 0 spiro atoms. The molecule has 2 aromatic carbocycles. The third kappa shape index (κ3) is 9.33. The summed E-state index contributed by atoms with van der Waals surface area (Å²) >= 11 is 5.55. The number of carbonyl (C=O) groups excluding carboxylic acids is 2. The van der Waals surface area contributed by atoms with Gasteiger partial charge < -0.3 is 30.1 Å². The number of aliphatic hydroxyl groups is 2. The molecule has 2 unspecified atom stereocenters. The monoisotopic (exact) mass is 644 g/mol. The minimum absolute atomic E-state index is 0.0294. The smallest absolute Gasteiger partial charge is 0.446 e. The van der Waals surface area contributed by atoms with Gasteiger partial charge in [0.05, 0.1) is 20.2 Å². The number of amidine groups is 2. The maximum Gasteiger partial charge on any atom is 0.446 e. The van der Waals surface area contributed by atoms with E-state index in [1.54, 1.807) is 0 Å². The van der Waals surface area contributed by atoms with Crippen molar-refractivity contribution in [2.45, 2.75) is 37.3 Å². The second-order valence-electron chi connectivity index (χ2n) is 10.3. The number of carboxylic acids is 2. The molecule has 0 saturated carbocycles. The highest BCUT2D eigenvalue weighted by atomic mass is 35.5. The second-order valence-corrected chi connectivity index (χ2v) is 10.6. The molecule has 0 bridgehead atoms. The Morgan fingerprint density at radius 1 is 0.889 bits per heavy atom. The predicted octanol–water partition coefficient (Wildman–Crippen LogP) is 1.43. The van der Waals surface area contributed by atoms with Crippen LogP contribution in [-0.2, 0) is 19.1 Å². The van der Waals surface area contributed by atoms with Crippen LogP contribution in [0.3, 0.4) is 0 Å². The number of likely N-dealkylation sites (tertiary alicyclic amines) is 1. The molecular weight excluding hydrogens is 610 g/mol. The lowest BCUT2D eigenvalue weighted by atomic mass is 10.00. The van der Waals surface area contributed by atoms with Crippen LogP contribution in [0, 0.1) is 0 Å². The zero-order valence-corrected chi connectivity index (χ0v) is 25.6. The number of piperidine rings is 1. The van der Waals surface area contributed by atoms with Crippen LogP contribution in [0.1, 0.15) is 30.1 Å². The van der Waals surface area contributed by atoms with Gasteiger partial charge in [-0.25, -0.2) is 19.2 Å². The number of ether oxygens (including phenoxy) is 1. The first-order valence-corrected chi connectivity index (χ1v) is 14.2. The zero-order valence-electron chi connectivity index (χ0n) is 24.9. The van der Waals surface area contributed by atoms with E-state index in [0.717, 1.165) is 30.8 Å².